The highest BCUT2D eigenvalue weighted by atomic mass is 16.4. The molecular weight excluding hydrogens is 214 g/mol. The monoisotopic (exact) mass is 243 g/mol. The molecule has 1 unspecified atom stereocenters. The average Bonchev–Trinajstić information content (AvgIpc) is 2.20. The number of rotatable bonds is 8. The Balaban J connectivity index is 4.43. The van der Waals surface area contributed by atoms with Crippen LogP contribution in [0.25, 0.3) is 0 Å². The van der Waals surface area contributed by atoms with E-state index in [0.29, 0.717) is 5.92 Å². The van der Waals surface area contributed by atoms with E-state index in [-0.39, 0.29) is 12.1 Å². The zero-order valence-corrected chi connectivity index (χ0v) is 12.1. The van der Waals surface area contributed by atoms with Gasteiger partial charge in [-0.25, -0.2) is 0 Å². The fourth-order valence-corrected chi connectivity index (χ4v) is 1.97. The molecule has 0 aromatic rings. The normalized spacial score (nSPS) is 14.0. The Kier molecular flexibility index (Phi) is 7.44. The van der Waals surface area contributed by atoms with Crippen LogP contribution in [0.4, 0.5) is 0 Å². The van der Waals surface area contributed by atoms with Crippen LogP contribution in [0.1, 0.15) is 60.3 Å². The third-order valence-electron chi connectivity index (χ3n) is 3.30. The minimum Gasteiger partial charge on any atom is -0.480 e. The van der Waals surface area contributed by atoms with Gasteiger partial charge in [0.2, 0.25) is 0 Å². The predicted octanol–water partition coefficient (Wildman–Crippen LogP) is 3.39. The molecule has 0 fully saturated rings. The summed E-state index contributed by atoms with van der Waals surface area (Å²) < 4.78 is 0. The summed E-state index contributed by atoms with van der Waals surface area (Å²) in [5, 5.41) is 8.97. The minimum absolute atomic E-state index is 0.0714. The van der Waals surface area contributed by atoms with E-state index >= 15 is 0 Å². The molecule has 0 amide bonds. The van der Waals surface area contributed by atoms with Crippen LogP contribution in [0.3, 0.4) is 0 Å². The lowest BCUT2D eigenvalue weighted by Crippen LogP contribution is -2.46. The standard InChI is InChI=1S/C14H29NO2/c1-6-8-9-12(7-2)10-15(11-13(16)17)14(3,4)5/h12H,6-11H2,1-5H3,(H,16,17). The van der Waals surface area contributed by atoms with Crippen molar-refractivity contribution in [2.24, 2.45) is 5.92 Å². The quantitative estimate of drug-likeness (QED) is 0.710. The van der Waals surface area contributed by atoms with E-state index in [4.69, 9.17) is 5.11 Å². The molecule has 0 aliphatic carbocycles. The first-order valence-electron chi connectivity index (χ1n) is 6.78. The number of aliphatic carboxylic acids is 1. The lowest BCUT2D eigenvalue weighted by molar-refractivity contribution is -0.140. The number of hydrogen-bond acceptors (Lipinski definition) is 2. The fourth-order valence-electron chi connectivity index (χ4n) is 1.97. The van der Waals surface area contributed by atoms with Gasteiger partial charge in [-0.3, -0.25) is 9.69 Å². The van der Waals surface area contributed by atoms with Crippen LogP contribution < -0.4 is 0 Å². The van der Waals surface area contributed by atoms with Gasteiger partial charge in [0.1, 0.15) is 0 Å². The lowest BCUT2D eigenvalue weighted by atomic mass is 9.96. The Morgan fingerprint density at radius 3 is 2.24 bits per heavy atom. The van der Waals surface area contributed by atoms with Crippen LogP contribution in [0.2, 0.25) is 0 Å². The predicted molar refractivity (Wildman–Crippen MR) is 72.3 cm³/mol. The minimum atomic E-state index is -0.731. The Bertz CT molecular complexity index is 221. The van der Waals surface area contributed by atoms with E-state index < -0.39 is 5.97 Å². The summed E-state index contributed by atoms with van der Waals surface area (Å²) in [5.74, 6) is -0.112. The van der Waals surface area contributed by atoms with Crippen LogP contribution in [0.5, 0.6) is 0 Å². The summed E-state index contributed by atoms with van der Waals surface area (Å²) in [6.45, 7) is 11.7. The van der Waals surface area contributed by atoms with Gasteiger partial charge in [0.25, 0.3) is 0 Å². The van der Waals surface area contributed by atoms with Crippen LogP contribution in [-0.4, -0.2) is 34.6 Å². The second-order valence-electron chi connectivity index (χ2n) is 5.86. The Morgan fingerprint density at radius 2 is 1.88 bits per heavy atom. The third-order valence-corrected chi connectivity index (χ3v) is 3.30. The van der Waals surface area contributed by atoms with Crippen LogP contribution in [0.15, 0.2) is 0 Å². The van der Waals surface area contributed by atoms with E-state index in [9.17, 15) is 4.79 Å². The maximum atomic E-state index is 10.9. The highest BCUT2D eigenvalue weighted by Gasteiger charge is 2.25. The molecule has 0 radical (unpaired) electrons. The van der Waals surface area contributed by atoms with Gasteiger partial charge in [-0.2, -0.15) is 0 Å². The SMILES string of the molecule is CCCCC(CC)CN(CC(=O)O)C(C)(C)C. The molecule has 3 heteroatoms. The number of unbranched alkanes of at least 4 members (excludes halogenated alkanes) is 1. The third kappa shape index (κ3) is 7.37. The first-order valence-corrected chi connectivity index (χ1v) is 6.78. The van der Waals surface area contributed by atoms with Crippen molar-refractivity contribution in [1.82, 2.24) is 4.90 Å². The molecule has 0 aliphatic heterocycles. The summed E-state index contributed by atoms with van der Waals surface area (Å²) in [7, 11) is 0. The number of carbonyl (C=O) groups is 1. The molecule has 1 atom stereocenters. The molecule has 1 N–H and O–H groups in total. The van der Waals surface area contributed by atoms with E-state index in [2.05, 4.69) is 39.5 Å². The molecule has 0 heterocycles. The molecule has 17 heavy (non-hydrogen) atoms. The largest absolute Gasteiger partial charge is 0.480 e. The topological polar surface area (TPSA) is 40.5 Å². The second kappa shape index (κ2) is 7.70. The van der Waals surface area contributed by atoms with Crippen molar-refractivity contribution in [2.45, 2.75) is 65.8 Å². The number of hydrogen-bond donors (Lipinski definition) is 1. The van der Waals surface area contributed by atoms with Crippen LogP contribution in [0, 0.1) is 5.92 Å². The Morgan fingerprint density at radius 1 is 1.29 bits per heavy atom. The second-order valence-corrected chi connectivity index (χ2v) is 5.86. The fraction of sp³-hybridized carbons (Fsp3) is 0.929. The molecule has 0 aromatic heterocycles. The van der Waals surface area contributed by atoms with E-state index in [1.165, 1.54) is 19.3 Å². The maximum absolute atomic E-state index is 10.9. The molecule has 0 spiro atoms. The average molecular weight is 243 g/mol. The van der Waals surface area contributed by atoms with Gasteiger partial charge in [0, 0.05) is 12.1 Å². The van der Waals surface area contributed by atoms with Crippen LogP contribution >= 0.6 is 0 Å². The van der Waals surface area contributed by atoms with Gasteiger partial charge in [-0.1, -0.05) is 33.1 Å². The zero-order valence-electron chi connectivity index (χ0n) is 12.1. The van der Waals surface area contributed by atoms with Gasteiger partial charge < -0.3 is 5.11 Å². The summed E-state index contributed by atoms with van der Waals surface area (Å²) in [6.07, 6.45) is 4.79. The van der Waals surface area contributed by atoms with Gasteiger partial charge in [-0.05, 0) is 33.1 Å². The smallest absolute Gasteiger partial charge is 0.317 e. The molecule has 3 nitrogen and oxygen atoms in total. The maximum Gasteiger partial charge on any atom is 0.317 e. The van der Waals surface area contributed by atoms with Gasteiger partial charge in [0.05, 0.1) is 6.54 Å². The molecule has 0 bridgehead atoms. The summed E-state index contributed by atoms with van der Waals surface area (Å²) >= 11 is 0. The van der Waals surface area contributed by atoms with Gasteiger partial charge >= 0.3 is 5.97 Å². The van der Waals surface area contributed by atoms with Crippen molar-refractivity contribution in [3.63, 3.8) is 0 Å². The molecule has 0 saturated heterocycles. The molecule has 102 valence electrons. The van der Waals surface area contributed by atoms with Crippen molar-refractivity contribution >= 4 is 5.97 Å². The zero-order chi connectivity index (χ0) is 13.5. The lowest BCUT2D eigenvalue weighted by Gasteiger charge is -2.36. The molecular formula is C14H29NO2. The number of nitrogens with zero attached hydrogens (tertiary/aromatic N) is 1. The highest BCUT2D eigenvalue weighted by molar-refractivity contribution is 5.69. The Labute approximate surface area is 106 Å². The van der Waals surface area contributed by atoms with Crippen molar-refractivity contribution < 1.29 is 9.90 Å². The van der Waals surface area contributed by atoms with Gasteiger partial charge in [0.15, 0.2) is 0 Å². The van der Waals surface area contributed by atoms with Crippen LogP contribution in [-0.2, 0) is 4.79 Å². The van der Waals surface area contributed by atoms with Crippen molar-refractivity contribution in [2.75, 3.05) is 13.1 Å². The Hall–Kier alpha value is -0.570. The molecule has 0 saturated carbocycles. The number of carboxylic acids is 1. The van der Waals surface area contributed by atoms with Gasteiger partial charge in [-0.15, -0.1) is 0 Å². The first kappa shape index (κ1) is 16.4. The molecule has 0 aliphatic rings. The van der Waals surface area contributed by atoms with E-state index in [0.717, 1.165) is 13.0 Å². The van der Waals surface area contributed by atoms with Crippen molar-refractivity contribution in [3.05, 3.63) is 0 Å². The van der Waals surface area contributed by atoms with Crippen molar-refractivity contribution in [3.8, 4) is 0 Å². The first-order chi connectivity index (χ1) is 7.81. The van der Waals surface area contributed by atoms with Crippen molar-refractivity contribution in [1.29, 1.82) is 0 Å². The summed E-state index contributed by atoms with van der Waals surface area (Å²) in [5.41, 5.74) is -0.0714. The molecule has 0 rings (SSSR count). The van der Waals surface area contributed by atoms with E-state index in [1.807, 2.05) is 0 Å². The number of carboxylic acid groups (broad SMARTS) is 1. The molecule has 0 aromatic carbocycles. The summed E-state index contributed by atoms with van der Waals surface area (Å²) in [4.78, 5) is 13.0. The van der Waals surface area contributed by atoms with E-state index in [1.54, 1.807) is 0 Å². The highest BCUT2D eigenvalue weighted by Crippen LogP contribution is 2.20. The summed E-state index contributed by atoms with van der Waals surface area (Å²) in [6, 6.07) is 0.